The Balaban J connectivity index is 1.68. The third-order valence-corrected chi connectivity index (χ3v) is 7.10. The molecule has 1 aromatic carbocycles. The Labute approximate surface area is 234 Å². The van der Waals surface area contributed by atoms with Crippen molar-refractivity contribution < 1.29 is 39.5 Å². The molecule has 2 aromatic heterocycles. The van der Waals surface area contributed by atoms with Crippen molar-refractivity contribution in [3.8, 4) is 12.3 Å². The Kier molecular flexibility index (Phi) is 8.29. The summed E-state index contributed by atoms with van der Waals surface area (Å²) in [6.45, 7) is 4.27. The Hall–Kier alpha value is -3.80. The normalized spacial score (nSPS) is 22.8. The van der Waals surface area contributed by atoms with Crippen molar-refractivity contribution in [1.29, 1.82) is 0 Å². The lowest BCUT2D eigenvalue weighted by molar-refractivity contribution is -0.191. The molecule has 4 N–H and O–H groups in total. The van der Waals surface area contributed by atoms with Crippen molar-refractivity contribution in [1.82, 2.24) is 19.5 Å². The van der Waals surface area contributed by atoms with E-state index in [4.69, 9.17) is 27.5 Å². The van der Waals surface area contributed by atoms with Gasteiger partial charge in [0, 0.05) is 19.5 Å². The number of carbonyl (C=O) groups is 2. The summed E-state index contributed by atoms with van der Waals surface area (Å²) in [6.07, 6.45) is 1.68. The smallest absolute Gasteiger partial charge is 0.348 e. The number of imidazole rings is 1. The molecule has 0 radical (unpaired) electrons. The van der Waals surface area contributed by atoms with Crippen LogP contribution in [0.5, 0.6) is 0 Å². The molecule has 1 fully saturated rings. The van der Waals surface area contributed by atoms with Crippen LogP contribution in [0.15, 0.2) is 36.7 Å². The van der Waals surface area contributed by atoms with Crippen LogP contribution in [0.4, 0.5) is 5.82 Å². The Morgan fingerprint density at radius 3 is 2.45 bits per heavy atom. The van der Waals surface area contributed by atoms with Gasteiger partial charge in [-0.15, -0.1) is 6.42 Å². The Bertz CT molecular complexity index is 1430. The van der Waals surface area contributed by atoms with Gasteiger partial charge >= 0.3 is 11.9 Å². The Morgan fingerprint density at radius 1 is 1.23 bits per heavy atom. The molecule has 0 bridgehead atoms. The first kappa shape index (κ1) is 29.2. The van der Waals surface area contributed by atoms with Gasteiger partial charge in [0.15, 0.2) is 28.8 Å². The van der Waals surface area contributed by atoms with Crippen LogP contribution < -0.4 is 4.90 Å². The van der Waals surface area contributed by atoms with Gasteiger partial charge in [0.2, 0.25) is 5.28 Å². The van der Waals surface area contributed by atoms with Crippen LogP contribution in [0.25, 0.3) is 11.2 Å². The lowest BCUT2D eigenvalue weighted by Crippen LogP contribution is -2.55. The molecule has 14 heteroatoms. The van der Waals surface area contributed by atoms with Gasteiger partial charge in [-0.25, -0.2) is 14.6 Å². The third kappa shape index (κ3) is 4.96. The Morgan fingerprint density at radius 2 is 1.88 bits per heavy atom. The molecule has 4 atom stereocenters. The highest BCUT2D eigenvalue weighted by atomic mass is 35.5. The summed E-state index contributed by atoms with van der Waals surface area (Å²) >= 11 is 6.19. The van der Waals surface area contributed by atoms with E-state index in [-0.39, 0.29) is 10.9 Å². The average Bonchev–Trinajstić information content (AvgIpc) is 3.46. The van der Waals surface area contributed by atoms with E-state index < -0.39 is 54.6 Å². The predicted octanol–water partition coefficient (Wildman–Crippen LogP) is 1.12. The highest BCUT2D eigenvalue weighted by molar-refractivity contribution is 6.28. The molecule has 13 nitrogen and oxygen atoms in total. The van der Waals surface area contributed by atoms with Crippen LogP contribution in [0, 0.1) is 12.3 Å². The molecule has 1 aliphatic heterocycles. The van der Waals surface area contributed by atoms with E-state index in [2.05, 4.69) is 20.9 Å². The third-order valence-electron chi connectivity index (χ3n) is 6.93. The molecule has 0 spiro atoms. The zero-order valence-electron chi connectivity index (χ0n) is 21.6. The quantitative estimate of drug-likeness (QED) is 0.146. The molecule has 212 valence electrons. The number of aromatic nitrogens is 4. The molecule has 0 amide bonds. The largest absolute Gasteiger partial charge is 0.479 e. The zero-order valence-corrected chi connectivity index (χ0v) is 22.4. The molecule has 3 heterocycles. The van der Waals surface area contributed by atoms with Crippen LogP contribution in [-0.4, -0.2) is 95.0 Å². The van der Waals surface area contributed by atoms with E-state index in [1.807, 2.05) is 18.7 Å². The van der Waals surface area contributed by atoms with Crippen LogP contribution in [-0.2, 0) is 25.5 Å². The minimum absolute atomic E-state index is 0.0932. The van der Waals surface area contributed by atoms with Crippen LogP contribution in [0.3, 0.4) is 0 Å². The lowest BCUT2D eigenvalue weighted by atomic mass is 9.92. The number of ether oxygens (including phenoxy) is 2. The predicted molar refractivity (Wildman–Crippen MR) is 142 cm³/mol. The van der Waals surface area contributed by atoms with Crippen LogP contribution >= 0.6 is 11.6 Å². The maximum absolute atomic E-state index is 12.2. The number of hydrogen-bond donors (Lipinski definition) is 4. The molecule has 40 heavy (non-hydrogen) atoms. The summed E-state index contributed by atoms with van der Waals surface area (Å²) in [4.78, 5) is 39.1. The number of nitrogens with zero attached hydrogens (tertiary/aromatic N) is 5. The fraction of sp³-hybridized carbons (Fsp3) is 0.423. The average molecular weight is 574 g/mol. The van der Waals surface area contributed by atoms with Gasteiger partial charge in [0.25, 0.3) is 5.60 Å². The van der Waals surface area contributed by atoms with Gasteiger partial charge in [-0.2, -0.15) is 9.97 Å². The van der Waals surface area contributed by atoms with E-state index in [9.17, 15) is 30.0 Å². The van der Waals surface area contributed by atoms with Gasteiger partial charge in [-0.1, -0.05) is 36.3 Å². The first-order valence-corrected chi connectivity index (χ1v) is 12.7. The van der Waals surface area contributed by atoms with Gasteiger partial charge in [0.05, 0.1) is 12.9 Å². The van der Waals surface area contributed by atoms with E-state index in [1.165, 1.54) is 10.9 Å². The zero-order chi connectivity index (χ0) is 29.2. The summed E-state index contributed by atoms with van der Waals surface area (Å²) in [5.74, 6) is -0.990. The highest BCUT2D eigenvalue weighted by Gasteiger charge is 2.58. The highest BCUT2D eigenvalue weighted by Crippen LogP contribution is 2.40. The van der Waals surface area contributed by atoms with E-state index in [0.717, 1.165) is 0 Å². The second kappa shape index (κ2) is 11.4. The van der Waals surface area contributed by atoms with Crippen LogP contribution in [0.2, 0.25) is 5.28 Å². The number of aliphatic hydroxyl groups is 2. The molecule has 1 aliphatic rings. The number of aliphatic carboxylic acids is 2. The summed E-state index contributed by atoms with van der Waals surface area (Å²) in [7, 11) is 0. The van der Waals surface area contributed by atoms with Crippen molar-refractivity contribution in [3.63, 3.8) is 0 Å². The fourth-order valence-corrected chi connectivity index (χ4v) is 4.80. The molecule has 3 aromatic rings. The number of terminal acetylenes is 1. The number of carboxylic acids is 2. The number of halogens is 1. The second-order valence-corrected chi connectivity index (χ2v) is 9.49. The van der Waals surface area contributed by atoms with Gasteiger partial charge in [-0.05, 0) is 31.0 Å². The summed E-state index contributed by atoms with van der Waals surface area (Å²) in [5.41, 5.74) is -4.21. The summed E-state index contributed by atoms with van der Waals surface area (Å²) in [5, 5.41) is 42.0. The molecule has 0 saturated carbocycles. The van der Waals surface area contributed by atoms with Gasteiger partial charge < -0.3 is 34.8 Å². The number of rotatable bonds is 11. The van der Waals surface area contributed by atoms with Crippen LogP contribution in [0.1, 0.15) is 25.6 Å². The number of carboxylic acid groups (broad SMARTS) is 2. The fourth-order valence-electron chi connectivity index (χ4n) is 4.64. The molecule has 0 aliphatic carbocycles. The minimum atomic E-state index is -2.73. The standard InChI is InChI=1S/C26H28ClN5O8/c1-4-25(38)16(13-39-26(22(34)35,23(36)37)12-15-10-8-7-9-11-15)40-21(18(25)33)32-14-28-17-19(31(5-2)6-3)29-24(27)30-20(17)32/h1,7-11,14,16,18,21,33,38H,5-6,12-13H2,2-3H3,(H,34,35)(H,36,37)/t16?,18-,21+,25+/m0/s1. The lowest BCUT2D eigenvalue weighted by Gasteiger charge is -2.30. The molecular weight excluding hydrogens is 546 g/mol. The van der Waals surface area contributed by atoms with E-state index in [1.54, 1.807) is 30.3 Å². The van der Waals surface area contributed by atoms with Crippen molar-refractivity contribution >= 4 is 40.5 Å². The summed E-state index contributed by atoms with van der Waals surface area (Å²) in [6, 6.07) is 8.05. The molecule has 1 unspecified atom stereocenters. The number of aliphatic hydroxyl groups excluding tert-OH is 1. The molecular formula is C26H28ClN5O8. The van der Waals surface area contributed by atoms with E-state index >= 15 is 0 Å². The van der Waals surface area contributed by atoms with Gasteiger partial charge in [0.1, 0.15) is 12.2 Å². The minimum Gasteiger partial charge on any atom is -0.479 e. The van der Waals surface area contributed by atoms with Crippen molar-refractivity contribution in [2.75, 3.05) is 24.6 Å². The number of benzene rings is 1. The SMILES string of the molecule is C#C[C@@]1(O)C(COC(Cc2ccccc2)(C(=O)O)C(=O)O)O[C@@H](n2cnc3c(N(CC)CC)nc(Cl)nc32)[C@@H]1O. The van der Waals surface area contributed by atoms with Crippen molar-refractivity contribution in [3.05, 3.63) is 47.5 Å². The number of anilines is 1. The maximum atomic E-state index is 12.2. The number of fused-ring (bicyclic) bond motifs is 1. The summed E-state index contributed by atoms with van der Waals surface area (Å²) < 4.78 is 12.7. The molecule has 1 saturated heterocycles. The maximum Gasteiger partial charge on any atom is 0.348 e. The first-order chi connectivity index (χ1) is 19.0. The van der Waals surface area contributed by atoms with Crippen molar-refractivity contribution in [2.24, 2.45) is 0 Å². The molecule has 4 rings (SSSR count). The topological polar surface area (TPSA) is 180 Å². The van der Waals surface area contributed by atoms with Gasteiger partial charge in [-0.3, -0.25) is 4.57 Å². The first-order valence-electron chi connectivity index (χ1n) is 12.4. The van der Waals surface area contributed by atoms with E-state index in [0.29, 0.717) is 30.0 Å². The van der Waals surface area contributed by atoms with Crippen molar-refractivity contribution in [2.45, 2.75) is 49.9 Å². The number of hydrogen-bond acceptors (Lipinski definition) is 10. The second-order valence-electron chi connectivity index (χ2n) is 9.15. The monoisotopic (exact) mass is 573 g/mol.